The molecule has 1 aliphatic rings. The highest BCUT2D eigenvalue weighted by Crippen LogP contribution is 2.31. The van der Waals surface area contributed by atoms with Gasteiger partial charge in [0.1, 0.15) is 5.82 Å². The molecule has 5 N–H and O–H groups in total. The van der Waals surface area contributed by atoms with Gasteiger partial charge in [0, 0.05) is 41.3 Å². The fourth-order valence-corrected chi connectivity index (χ4v) is 4.25. The summed E-state index contributed by atoms with van der Waals surface area (Å²) in [5.41, 5.74) is 12.8. The molecule has 0 unspecified atom stereocenters. The maximum atomic E-state index is 6.17. The monoisotopic (exact) mass is 474 g/mol. The predicted molar refractivity (Wildman–Crippen MR) is 130 cm³/mol. The summed E-state index contributed by atoms with van der Waals surface area (Å²) in [6.45, 7) is 1.92. The lowest BCUT2D eigenvalue weighted by Crippen LogP contribution is -2.19. The Morgan fingerprint density at radius 1 is 1.10 bits per heavy atom. The Kier molecular flexibility index (Phi) is 5.44. The predicted octanol–water partition coefficient (Wildman–Crippen LogP) is 5.01. The van der Waals surface area contributed by atoms with Crippen LogP contribution in [0.3, 0.4) is 0 Å². The molecule has 0 amide bonds. The molecule has 156 valence electrons. The smallest absolute Gasteiger partial charge is 0.229 e. The molecule has 4 aromatic rings. The first kappa shape index (κ1) is 19.8. The van der Waals surface area contributed by atoms with Gasteiger partial charge in [-0.15, -0.1) is 0 Å². The van der Waals surface area contributed by atoms with E-state index >= 15 is 0 Å². The molecule has 0 radical (unpaired) electrons. The molecule has 31 heavy (non-hydrogen) atoms. The van der Waals surface area contributed by atoms with Crippen LogP contribution in [0.4, 0.5) is 17.5 Å². The molecule has 6 nitrogen and oxygen atoms in total. The number of nitrogens with two attached hydrogens (primary N) is 1. The summed E-state index contributed by atoms with van der Waals surface area (Å²) in [7, 11) is 0. The highest BCUT2D eigenvalue weighted by Gasteiger charge is 2.14. The summed E-state index contributed by atoms with van der Waals surface area (Å²) in [6.07, 6.45) is 6.06. The lowest BCUT2D eigenvalue weighted by Gasteiger charge is -2.14. The normalized spacial score (nSPS) is 13.9. The van der Waals surface area contributed by atoms with Gasteiger partial charge in [-0.05, 0) is 58.2 Å². The summed E-state index contributed by atoms with van der Waals surface area (Å²) < 4.78 is 0.739. The third-order valence-electron chi connectivity index (χ3n) is 5.51. The van der Waals surface area contributed by atoms with Crippen LogP contribution in [0.5, 0.6) is 0 Å². The van der Waals surface area contributed by atoms with Crippen molar-refractivity contribution in [2.24, 2.45) is 0 Å². The molecule has 3 heterocycles. The number of aromatic nitrogens is 3. The van der Waals surface area contributed by atoms with Crippen molar-refractivity contribution in [2.75, 3.05) is 24.1 Å². The van der Waals surface area contributed by atoms with Crippen LogP contribution in [-0.2, 0) is 6.42 Å². The van der Waals surface area contributed by atoms with E-state index in [9.17, 15) is 0 Å². The Labute approximate surface area is 189 Å². The van der Waals surface area contributed by atoms with E-state index in [0.29, 0.717) is 18.2 Å². The molecule has 2 aromatic carbocycles. The summed E-state index contributed by atoms with van der Waals surface area (Å²) in [5, 5.41) is 7.90. The van der Waals surface area contributed by atoms with E-state index in [2.05, 4.69) is 73.1 Å². The Hall–Kier alpha value is -3.16. The Balaban J connectivity index is 1.46. The van der Waals surface area contributed by atoms with Crippen molar-refractivity contribution in [3.05, 3.63) is 82.1 Å². The number of H-pyrrole nitrogens is 1. The van der Waals surface area contributed by atoms with Gasteiger partial charge in [-0.25, -0.2) is 4.98 Å². The van der Waals surface area contributed by atoms with Gasteiger partial charge in [-0.1, -0.05) is 36.4 Å². The van der Waals surface area contributed by atoms with Crippen molar-refractivity contribution in [3.8, 4) is 0 Å². The molecule has 1 aliphatic heterocycles. The van der Waals surface area contributed by atoms with Crippen LogP contribution in [0.25, 0.3) is 16.5 Å². The Bertz CT molecular complexity index is 1260. The molecular weight excluding hydrogens is 452 g/mol. The average Bonchev–Trinajstić information content (AvgIpc) is 3.22. The lowest BCUT2D eigenvalue weighted by molar-refractivity contribution is 0.739. The van der Waals surface area contributed by atoms with Gasteiger partial charge in [-0.2, -0.15) is 4.98 Å². The number of benzene rings is 2. The molecule has 0 saturated carbocycles. The molecular formula is C24H23BrN6. The largest absolute Gasteiger partial charge is 0.383 e. The van der Waals surface area contributed by atoms with Gasteiger partial charge < -0.3 is 21.4 Å². The standard InChI is InChI=1S/C24H23BrN6/c25-22-21(12-15-4-2-1-3-5-15)30-24(31-23(22)26)29-17-6-7-20-18(13-17)19(14-28-20)16-8-10-27-11-9-16/h1-8,13-14,27-28H,9-12H2,(H3,26,29,30,31). The van der Waals surface area contributed by atoms with Crippen LogP contribution in [0.15, 0.2) is 65.3 Å². The molecule has 0 atom stereocenters. The fraction of sp³-hybridized carbons (Fsp3) is 0.167. The fourth-order valence-electron chi connectivity index (χ4n) is 3.94. The van der Waals surface area contributed by atoms with Gasteiger partial charge in [0.2, 0.25) is 5.95 Å². The van der Waals surface area contributed by atoms with E-state index in [1.54, 1.807) is 0 Å². The van der Waals surface area contributed by atoms with Gasteiger partial charge in [0.15, 0.2) is 0 Å². The summed E-state index contributed by atoms with van der Waals surface area (Å²) >= 11 is 3.54. The lowest BCUT2D eigenvalue weighted by atomic mass is 9.99. The first-order valence-corrected chi connectivity index (χ1v) is 11.1. The average molecular weight is 475 g/mol. The highest BCUT2D eigenvalue weighted by atomic mass is 79.9. The summed E-state index contributed by atoms with van der Waals surface area (Å²) in [4.78, 5) is 12.5. The number of hydrogen-bond acceptors (Lipinski definition) is 5. The highest BCUT2D eigenvalue weighted by molar-refractivity contribution is 9.10. The van der Waals surface area contributed by atoms with Crippen molar-refractivity contribution in [1.82, 2.24) is 20.3 Å². The van der Waals surface area contributed by atoms with E-state index in [1.807, 2.05) is 24.3 Å². The van der Waals surface area contributed by atoms with E-state index in [0.717, 1.165) is 40.9 Å². The van der Waals surface area contributed by atoms with E-state index < -0.39 is 0 Å². The van der Waals surface area contributed by atoms with Crippen LogP contribution < -0.4 is 16.4 Å². The molecule has 0 saturated heterocycles. The van der Waals surface area contributed by atoms with Crippen molar-refractivity contribution in [1.29, 1.82) is 0 Å². The van der Waals surface area contributed by atoms with Crippen molar-refractivity contribution < 1.29 is 0 Å². The second-order valence-electron chi connectivity index (χ2n) is 7.63. The number of nitrogens with one attached hydrogen (secondary N) is 3. The number of aromatic amines is 1. The zero-order valence-electron chi connectivity index (χ0n) is 17.0. The molecule has 0 spiro atoms. The topological polar surface area (TPSA) is 91.6 Å². The minimum atomic E-state index is 0.423. The minimum absolute atomic E-state index is 0.423. The van der Waals surface area contributed by atoms with Gasteiger partial charge >= 0.3 is 0 Å². The van der Waals surface area contributed by atoms with Crippen molar-refractivity contribution in [2.45, 2.75) is 12.8 Å². The van der Waals surface area contributed by atoms with E-state index in [-0.39, 0.29) is 0 Å². The maximum Gasteiger partial charge on any atom is 0.229 e. The quantitative estimate of drug-likeness (QED) is 0.326. The third-order valence-corrected chi connectivity index (χ3v) is 6.37. The molecule has 5 rings (SSSR count). The maximum absolute atomic E-state index is 6.17. The summed E-state index contributed by atoms with van der Waals surface area (Å²) in [5.74, 6) is 0.913. The third kappa shape index (κ3) is 4.19. The van der Waals surface area contributed by atoms with Gasteiger partial charge in [0.25, 0.3) is 0 Å². The Morgan fingerprint density at radius 2 is 1.97 bits per heavy atom. The zero-order valence-corrected chi connectivity index (χ0v) is 18.5. The SMILES string of the molecule is Nc1nc(Nc2ccc3[nH]cc(C4=CCNCC4)c3c2)nc(Cc2ccccc2)c1Br. The molecule has 7 heteroatoms. The number of nitrogens with zero attached hydrogens (tertiary/aromatic N) is 2. The second kappa shape index (κ2) is 8.53. The van der Waals surface area contributed by atoms with E-state index in [4.69, 9.17) is 10.7 Å². The number of fused-ring (bicyclic) bond motifs is 1. The number of nitrogen functional groups attached to an aromatic ring is 1. The van der Waals surface area contributed by atoms with Gasteiger partial charge in [0.05, 0.1) is 10.2 Å². The van der Waals surface area contributed by atoms with Crippen LogP contribution in [0, 0.1) is 0 Å². The van der Waals surface area contributed by atoms with Crippen molar-refractivity contribution >= 4 is 49.9 Å². The van der Waals surface area contributed by atoms with Gasteiger partial charge in [-0.3, -0.25) is 0 Å². The number of rotatable bonds is 5. The Morgan fingerprint density at radius 3 is 2.77 bits per heavy atom. The first-order valence-electron chi connectivity index (χ1n) is 10.3. The molecule has 0 aliphatic carbocycles. The molecule has 0 bridgehead atoms. The first-order chi connectivity index (χ1) is 15.2. The summed E-state index contributed by atoms with van der Waals surface area (Å²) in [6, 6.07) is 16.5. The van der Waals surface area contributed by atoms with Crippen LogP contribution in [0.1, 0.15) is 23.2 Å². The minimum Gasteiger partial charge on any atom is -0.383 e. The second-order valence-corrected chi connectivity index (χ2v) is 8.42. The van der Waals surface area contributed by atoms with Crippen molar-refractivity contribution in [3.63, 3.8) is 0 Å². The van der Waals surface area contributed by atoms with E-state index in [1.165, 1.54) is 22.1 Å². The zero-order chi connectivity index (χ0) is 21.2. The number of anilines is 3. The molecule has 0 fully saturated rings. The molecule has 2 aromatic heterocycles. The number of halogens is 1. The van der Waals surface area contributed by atoms with Crippen LogP contribution in [0.2, 0.25) is 0 Å². The van der Waals surface area contributed by atoms with Crippen LogP contribution in [-0.4, -0.2) is 28.0 Å². The van der Waals surface area contributed by atoms with Crippen LogP contribution >= 0.6 is 15.9 Å². The number of hydrogen-bond donors (Lipinski definition) is 4.